The number of aromatic nitrogens is 2. The Morgan fingerprint density at radius 2 is 1.86 bits per heavy atom. The number of hydrogen-bond donors (Lipinski definition) is 0. The number of hydrogen-bond acceptors (Lipinski definition) is 4. The lowest BCUT2D eigenvalue weighted by atomic mass is 9.96. The monoisotopic (exact) mass is 417 g/mol. The Hall–Kier alpha value is -2.80. The summed E-state index contributed by atoms with van der Waals surface area (Å²) in [5.41, 5.74) is 0.901. The summed E-state index contributed by atoms with van der Waals surface area (Å²) in [6.07, 6.45) is 1.27. The first-order valence-corrected chi connectivity index (χ1v) is 9.69. The van der Waals surface area contributed by atoms with Crippen molar-refractivity contribution in [3.8, 4) is 11.4 Å². The van der Waals surface area contributed by atoms with Crippen LogP contribution in [0.5, 0.6) is 0 Å². The molecule has 1 aliphatic rings. The van der Waals surface area contributed by atoms with Crippen LogP contribution in [0.15, 0.2) is 47.0 Å². The first-order valence-electron chi connectivity index (χ1n) is 9.31. The molecule has 0 N–H and O–H groups in total. The Labute approximate surface area is 171 Å². The Bertz CT molecular complexity index is 995. The number of nitrogens with zero attached hydrogens (tertiary/aromatic N) is 3. The molecule has 0 aliphatic carbocycles. The SMILES string of the molecule is O=C(Cc1c(F)cccc1Cl)N1CCC(c2nc(-c3ccc(F)cc3)no2)CC1. The largest absolute Gasteiger partial charge is 0.342 e. The number of likely N-dealkylation sites (tertiary alicyclic amines) is 1. The lowest BCUT2D eigenvalue weighted by Gasteiger charge is -2.30. The maximum Gasteiger partial charge on any atom is 0.230 e. The molecule has 1 aliphatic heterocycles. The average molecular weight is 418 g/mol. The summed E-state index contributed by atoms with van der Waals surface area (Å²) in [7, 11) is 0. The van der Waals surface area contributed by atoms with Crippen LogP contribution in [0.2, 0.25) is 5.02 Å². The van der Waals surface area contributed by atoms with E-state index in [1.807, 2.05) is 0 Å². The smallest absolute Gasteiger partial charge is 0.230 e. The van der Waals surface area contributed by atoms with Gasteiger partial charge in [-0.3, -0.25) is 4.79 Å². The van der Waals surface area contributed by atoms with Crippen LogP contribution in [-0.2, 0) is 11.2 Å². The molecule has 1 fully saturated rings. The summed E-state index contributed by atoms with van der Waals surface area (Å²) in [5, 5.41) is 4.23. The third-order valence-electron chi connectivity index (χ3n) is 5.13. The van der Waals surface area contributed by atoms with Crippen molar-refractivity contribution < 1.29 is 18.1 Å². The molecule has 4 rings (SSSR count). The molecule has 2 aromatic carbocycles. The van der Waals surface area contributed by atoms with Crippen molar-refractivity contribution in [2.75, 3.05) is 13.1 Å². The van der Waals surface area contributed by atoms with E-state index in [9.17, 15) is 13.6 Å². The second-order valence-corrected chi connectivity index (χ2v) is 7.40. The quantitative estimate of drug-likeness (QED) is 0.621. The molecule has 5 nitrogen and oxygen atoms in total. The summed E-state index contributed by atoms with van der Waals surface area (Å²) < 4.78 is 32.4. The molecule has 2 heterocycles. The van der Waals surface area contributed by atoms with Crippen molar-refractivity contribution in [1.82, 2.24) is 15.0 Å². The number of amides is 1. The van der Waals surface area contributed by atoms with E-state index in [0.29, 0.717) is 43.2 Å². The van der Waals surface area contributed by atoms with Gasteiger partial charge in [-0.2, -0.15) is 4.98 Å². The molecule has 3 aromatic rings. The van der Waals surface area contributed by atoms with Gasteiger partial charge in [-0.15, -0.1) is 0 Å². The predicted octanol–water partition coefficient (Wildman–Crippen LogP) is 4.62. The molecule has 1 amide bonds. The fourth-order valence-corrected chi connectivity index (χ4v) is 3.69. The zero-order valence-corrected chi connectivity index (χ0v) is 16.2. The van der Waals surface area contributed by atoms with Gasteiger partial charge in [0, 0.05) is 35.2 Å². The van der Waals surface area contributed by atoms with E-state index in [2.05, 4.69) is 10.1 Å². The first-order chi connectivity index (χ1) is 14.0. The highest BCUT2D eigenvalue weighted by Gasteiger charge is 2.28. The van der Waals surface area contributed by atoms with Gasteiger partial charge >= 0.3 is 0 Å². The minimum absolute atomic E-state index is 0.0396. The number of piperidine rings is 1. The van der Waals surface area contributed by atoms with Gasteiger partial charge in [-0.1, -0.05) is 22.8 Å². The molecule has 1 saturated heterocycles. The Morgan fingerprint density at radius 1 is 1.14 bits per heavy atom. The van der Waals surface area contributed by atoms with Crippen molar-refractivity contribution in [2.24, 2.45) is 0 Å². The summed E-state index contributed by atoms with van der Waals surface area (Å²) in [6.45, 7) is 1.04. The van der Waals surface area contributed by atoms with Crippen LogP contribution in [0, 0.1) is 11.6 Å². The zero-order valence-electron chi connectivity index (χ0n) is 15.4. The molecule has 150 valence electrons. The highest BCUT2D eigenvalue weighted by molar-refractivity contribution is 6.31. The van der Waals surface area contributed by atoms with Gasteiger partial charge in [0.15, 0.2) is 0 Å². The van der Waals surface area contributed by atoms with Crippen LogP contribution in [0.25, 0.3) is 11.4 Å². The Morgan fingerprint density at radius 3 is 2.55 bits per heavy atom. The molecule has 0 spiro atoms. The lowest BCUT2D eigenvalue weighted by Crippen LogP contribution is -2.39. The predicted molar refractivity (Wildman–Crippen MR) is 103 cm³/mol. The van der Waals surface area contributed by atoms with E-state index in [1.165, 1.54) is 24.3 Å². The molecular formula is C21H18ClF2N3O2. The maximum absolute atomic E-state index is 13.9. The average Bonchev–Trinajstić information content (AvgIpc) is 3.21. The third-order valence-corrected chi connectivity index (χ3v) is 5.48. The van der Waals surface area contributed by atoms with E-state index in [0.717, 1.165) is 0 Å². The molecule has 0 radical (unpaired) electrons. The molecule has 29 heavy (non-hydrogen) atoms. The lowest BCUT2D eigenvalue weighted by molar-refractivity contribution is -0.131. The van der Waals surface area contributed by atoms with Gasteiger partial charge in [0.25, 0.3) is 0 Å². The molecule has 0 atom stereocenters. The summed E-state index contributed by atoms with van der Waals surface area (Å²) in [5.74, 6) is -0.00171. The minimum Gasteiger partial charge on any atom is -0.342 e. The Balaban J connectivity index is 1.37. The van der Waals surface area contributed by atoms with Crippen molar-refractivity contribution in [1.29, 1.82) is 0 Å². The third kappa shape index (κ3) is 4.29. The molecular weight excluding hydrogens is 400 g/mol. The van der Waals surface area contributed by atoms with Gasteiger partial charge in [-0.25, -0.2) is 8.78 Å². The highest BCUT2D eigenvalue weighted by Crippen LogP contribution is 2.29. The van der Waals surface area contributed by atoms with Gasteiger partial charge in [0.1, 0.15) is 11.6 Å². The van der Waals surface area contributed by atoms with E-state index < -0.39 is 5.82 Å². The summed E-state index contributed by atoms with van der Waals surface area (Å²) in [4.78, 5) is 18.7. The van der Waals surface area contributed by atoms with Crippen molar-refractivity contribution in [3.63, 3.8) is 0 Å². The van der Waals surface area contributed by atoms with Gasteiger partial charge in [-0.05, 0) is 49.2 Å². The van der Waals surface area contributed by atoms with Crippen LogP contribution in [0.4, 0.5) is 8.78 Å². The minimum atomic E-state index is -0.472. The number of halogens is 3. The standard InChI is InChI=1S/C21H18ClF2N3O2/c22-17-2-1-3-18(24)16(17)12-19(28)27-10-8-14(9-11-27)21-25-20(26-29-21)13-4-6-15(23)7-5-13/h1-7,14H,8-12H2. The number of rotatable bonds is 4. The normalized spacial score (nSPS) is 14.9. The van der Waals surface area contributed by atoms with E-state index >= 15 is 0 Å². The maximum atomic E-state index is 13.9. The number of benzene rings is 2. The summed E-state index contributed by atoms with van der Waals surface area (Å²) in [6, 6.07) is 10.3. The second kappa shape index (κ2) is 8.29. The molecule has 0 saturated carbocycles. The van der Waals surface area contributed by atoms with Crippen molar-refractivity contribution in [2.45, 2.75) is 25.2 Å². The van der Waals surface area contributed by atoms with Crippen LogP contribution in [-0.4, -0.2) is 34.0 Å². The van der Waals surface area contributed by atoms with Gasteiger partial charge in [0.2, 0.25) is 17.6 Å². The first kappa shape index (κ1) is 19.5. The van der Waals surface area contributed by atoms with E-state index in [-0.39, 0.29) is 34.6 Å². The van der Waals surface area contributed by atoms with Crippen molar-refractivity contribution >= 4 is 17.5 Å². The van der Waals surface area contributed by atoms with Crippen molar-refractivity contribution in [3.05, 3.63) is 70.6 Å². The fourth-order valence-electron chi connectivity index (χ4n) is 3.46. The Kier molecular flexibility index (Phi) is 5.58. The van der Waals surface area contributed by atoms with Crippen LogP contribution >= 0.6 is 11.6 Å². The van der Waals surface area contributed by atoms with E-state index in [4.69, 9.17) is 16.1 Å². The molecule has 0 bridgehead atoms. The van der Waals surface area contributed by atoms with Gasteiger partial charge < -0.3 is 9.42 Å². The molecule has 0 unspecified atom stereocenters. The molecule has 1 aromatic heterocycles. The highest BCUT2D eigenvalue weighted by atomic mass is 35.5. The summed E-state index contributed by atoms with van der Waals surface area (Å²) >= 11 is 6.02. The molecule has 8 heteroatoms. The number of carbonyl (C=O) groups excluding carboxylic acids is 1. The van der Waals surface area contributed by atoms with E-state index in [1.54, 1.807) is 23.1 Å². The second-order valence-electron chi connectivity index (χ2n) is 7.00. The van der Waals surface area contributed by atoms with Crippen LogP contribution < -0.4 is 0 Å². The fraction of sp³-hybridized carbons (Fsp3) is 0.286. The number of carbonyl (C=O) groups is 1. The topological polar surface area (TPSA) is 59.2 Å². The van der Waals surface area contributed by atoms with Gasteiger partial charge in [0.05, 0.1) is 6.42 Å². The zero-order chi connectivity index (χ0) is 20.4. The van der Waals surface area contributed by atoms with Crippen LogP contribution in [0.1, 0.15) is 30.2 Å². The van der Waals surface area contributed by atoms with Crippen LogP contribution in [0.3, 0.4) is 0 Å².